The summed E-state index contributed by atoms with van der Waals surface area (Å²) in [6, 6.07) is 10.1. The molecule has 2 atom stereocenters. The molecule has 2 rings (SSSR count). The van der Waals surface area contributed by atoms with Crippen LogP contribution in [0.1, 0.15) is 53.4 Å². The van der Waals surface area contributed by atoms with Gasteiger partial charge in [-0.15, -0.1) is 0 Å². The molecule has 0 N–H and O–H groups in total. The quantitative estimate of drug-likeness (QED) is 0.455. The summed E-state index contributed by atoms with van der Waals surface area (Å²) in [4.78, 5) is 0. The summed E-state index contributed by atoms with van der Waals surface area (Å²) in [5.74, 6) is 0. The largest absolute Gasteiger partial charge is 0.414 e. The van der Waals surface area contributed by atoms with E-state index in [1.807, 2.05) is 30.3 Å². The van der Waals surface area contributed by atoms with Gasteiger partial charge in [0.15, 0.2) is 22.9 Å². The molecule has 6 heteroatoms. The molecule has 1 heterocycles. The van der Waals surface area contributed by atoms with E-state index in [9.17, 15) is 0 Å². The van der Waals surface area contributed by atoms with Gasteiger partial charge < -0.3 is 18.3 Å². The first-order chi connectivity index (χ1) is 13.1. The minimum Gasteiger partial charge on any atom is -0.414 e. The Morgan fingerprint density at radius 1 is 0.724 bits per heavy atom. The van der Waals surface area contributed by atoms with Crippen molar-refractivity contribution >= 4 is 16.6 Å². The number of rotatable bonds is 7. The van der Waals surface area contributed by atoms with Gasteiger partial charge in [-0.3, -0.25) is 0 Å². The minimum absolute atomic E-state index is 0.126. The molecule has 1 aromatic carbocycles. The summed E-state index contributed by atoms with van der Waals surface area (Å²) < 4.78 is 25.6. The van der Waals surface area contributed by atoms with Gasteiger partial charge in [-0.1, -0.05) is 71.9 Å². The van der Waals surface area contributed by atoms with Gasteiger partial charge in [0.25, 0.3) is 0 Å². The lowest BCUT2D eigenvalue weighted by Gasteiger charge is -2.38. The first-order valence-electron chi connectivity index (χ1n) is 10.8. The fourth-order valence-corrected chi connectivity index (χ4v) is 4.63. The molecule has 0 saturated carbocycles. The number of hydrogen-bond donors (Lipinski definition) is 0. The van der Waals surface area contributed by atoms with Gasteiger partial charge in [-0.25, -0.2) is 0 Å². The maximum Gasteiger partial charge on any atom is 0.192 e. The average molecular weight is 439 g/mol. The Bertz CT molecular complexity index is 609. The van der Waals surface area contributed by atoms with E-state index >= 15 is 0 Å². The van der Waals surface area contributed by atoms with Crippen LogP contribution in [0.15, 0.2) is 30.3 Å². The fraction of sp³-hybridized carbons (Fsp3) is 0.739. The highest BCUT2D eigenvalue weighted by Crippen LogP contribution is 2.40. The molecule has 1 aliphatic heterocycles. The van der Waals surface area contributed by atoms with Crippen molar-refractivity contribution in [1.29, 1.82) is 0 Å². The molecule has 1 saturated heterocycles. The summed E-state index contributed by atoms with van der Waals surface area (Å²) in [5, 5.41) is 0.330. The lowest BCUT2D eigenvalue weighted by Crippen LogP contribution is -2.46. The normalized spacial score (nSPS) is 24.1. The lowest BCUT2D eigenvalue weighted by molar-refractivity contribution is -0.0761. The van der Waals surface area contributed by atoms with Crippen LogP contribution in [0.25, 0.3) is 0 Å². The molecule has 4 nitrogen and oxygen atoms in total. The fourth-order valence-electron chi connectivity index (χ4n) is 2.60. The van der Waals surface area contributed by atoms with Gasteiger partial charge in [0.05, 0.1) is 13.2 Å². The second kappa shape index (κ2) is 8.93. The maximum atomic E-state index is 6.48. The highest BCUT2D eigenvalue weighted by molar-refractivity contribution is 6.74. The van der Waals surface area contributed by atoms with E-state index in [0.29, 0.717) is 13.2 Å². The average Bonchev–Trinajstić information content (AvgIpc) is 3.00. The first-order valence-corrected chi connectivity index (χ1v) is 16.6. The van der Waals surface area contributed by atoms with Gasteiger partial charge in [-0.05, 0) is 36.3 Å². The van der Waals surface area contributed by atoms with E-state index in [4.69, 9.17) is 18.3 Å². The molecule has 0 spiro atoms. The monoisotopic (exact) mass is 438 g/mol. The minimum atomic E-state index is -1.86. The smallest absolute Gasteiger partial charge is 0.192 e. The van der Waals surface area contributed by atoms with Crippen LogP contribution in [-0.2, 0) is 18.3 Å². The summed E-state index contributed by atoms with van der Waals surface area (Å²) in [6.07, 6.45) is -0.615. The van der Waals surface area contributed by atoms with Crippen molar-refractivity contribution in [3.8, 4) is 0 Å². The first kappa shape index (κ1) is 24.8. The molecule has 29 heavy (non-hydrogen) atoms. The zero-order valence-electron chi connectivity index (χ0n) is 20.2. The van der Waals surface area contributed by atoms with Gasteiger partial charge >= 0.3 is 0 Å². The number of hydrogen-bond acceptors (Lipinski definition) is 4. The predicted molar refractivity (Wildman–Crippen MR) is 125 cm³/mol. The van der Waals surface area contributed by atoms with Crippen LogP contribution in [0.4, 0.5) is 0 Å². The Morgan fingerprint density at radius 3 is 1.45 bits per heavy atom. The van der Waals surface area contributed by atoms with Crippen molar-refractivity contribution in [2.45, 2.75) is 96.3 Å². The number of ether oxygens (including phenoxy) is 2. The van der Waals surface area contributed by atoms with Crippen LogP contribution in [0.3, 0.4) is 0 Å². The van der Waals surface area contributed by atoms with Crippen LogP contribution in [0.2, 0.25) is 36.3 Å². The Hall–Kier alpha value is -0.506. The lowest BCUT2D eigenvalue weighted by atomic mass is 10.2. The molecule has 0 aliphatic carbocycles. The summed E-state index contributed by atoms with van der Waals surface area (Å²) >= 11 is 0. The van der Waals surface area contributed by atoms with E-state index in [1.54, 1.807) is 0 Å². The van der Waals surface area contributed by atoms with Crippen LogP contribution < -0.4 is 0 Å². The molecule has 0 aromatic heterocycles. The summed E-state index contributed by atoms with van der Waals surface area (Å²) in [6.45, 7) is 23.8. The van der Waals surface area contributed by atoms with Crippen LogP contribution >= 0.6 is 0 Å². The van der Waals surface area contributed by atoms with Crippen LogP contribution in [0, 0.1) is 0 Å². The summed E-state index contributed by atoms with van der Waals surface area (Å²) in [5.41, 5.74) is 1.04. The third kappa shape index (κ3) is 6.24. The van der Waals surface area contributed by atoms with E-state index in [-0.39, 0.29) is 28.6 Å². The topological polar surface area (TPSA) is 36.9 Å². The standard InChI is InChI=1S/C23H42O4Si2/c1-22(2,3)28(7,8)24-16-19-20(17-25-29(9,10)23(4,5)6)27-21(26-19)18-14-12-11-13-15-18/h11-15,19-21H,16-17H2,1-10H3. The molecule has 2 unspecified atom stereocenters. The van der Waals surface area contributed by atoms with Crippen LogP contribution in [-0.4, -0.2) is 42.1 Å². The van der Waals surface area contributed by atoms with Gasteiger partial charge in [0.2, 0.25) is 0 Å². The molecule has 1 aliphatic rings. The Kier molecular flexibility index (Phi) is 7.62. The van der Waals surface area contributed by atoms with Crippen molar-refractivity contribution in [3.63, 3.8) is 0 Å². The Morgan fingerprint density at radius 2 is 1.10 bits per heavy atom. The van der Waals surface area contributed by atoms with E-state index in [0.717, 1.165) is 5.56 Å². The zero-order chi connectivity index (χ0) is 22.1. The highest BCUT2D eigenvalue weighted by atomic mass is 28.4. The van der Waals surface area contributed by atoms with E-state index in [2.05, 4.69) is 67.7 Å². The van der Waals surface area contributed by atoms with Gasteiger partial charge in [0.1, 0.15) is 12.2 Å². The second-order valence-corrected chi connectivity index (χ2v) is 20.9. The molecule has 0 bridgehead atoms. The van der Waals surface area contributed by atoms with Crippen molar-refractivity contribution in [2.24, 2.45) is 0 Å². The van der Waals surface area contributed by atoms with E-state index < -0.39 is 16.6 Å². The number of benzene rings is 1. The molecule has 166 valence electrons. The molecular formula is C23H42O4Si2. The third-order valence-electron chi connectivity index (χ3n) is 6.91. The Balaban J connectivity index is 2.11. The van der Waals surface area contributed by atoms with Crippen LogP contribution in [0.5, 0.6) is 0 Å². The van der Waals surface area contributed by atoms with E-state index in [1.165, 1.54) is 0 Å². The second-order valence-electron chi connectivity index (χ2n) is 11.2. The molecule has 0 amide bonds. The molecule has 1 aromatic rings. The van der Waals surface area contributed by atoms with Crippen molar-refractivity contribution in [1.82, 2.24) is 0 Å². The maximum absolute atomic E-state index is 6.48. The molecule has 0 radical (unpaired) electrons. The van der Waals surface area contributed by atoms with Crippen molar-refractivity contribution in [3.05, 3.63) is 35.9 Å². The highest BCUT2D eigenvalue weighted by Gasteiger charge is 2.44. The molecule has 1 fully saturated rings. The predicted octanol–water partition coefficient (Wildman–Crippen LogP) is 6.51. The van der Waals surface area contributed by atoms with Gasteiger partial charge in [-0.2, -0.15) is 0 Å². The summed E-state index contributed by atoms with van der Waals surface area (Å²) in [7, 11) is -3.72. The molecular weight excluding hydrogens is 396 g/mol. The van der Waals surface area contributed by atoms with Crippen molar-refractivity contribution in [2.75, 3.05) is 13.2 Å². The third-order valence-corrected chi connectivity index (χ3v) is 15.9. The van der Waals surface area contributed by atoms with Crippen molar-refractivity contribution < 1.29 is 18.3 Å². The SMILES string of the molecule is CC(C)(C)[Si](C)(C)OCC1OC(c2ccccc2)OC1CO[Si](C)(C)C(C)(C)C. The zero-order valence-corrected chi connectivity index (χ0v) is 22.2. The Labute approximate surface area is 180 Å². The van der Waals surface area contributed by atoms with Gasteiger partial charge in [0, 0.05) is 5.56 Å².